The van der Waals surface area contributed by atoms with Gasteiger partial charge in [-0.2, -0.15) is 0 Å². The highest BCUT2D eigenvalue weighted by Crippen LogP contribution is 2.34. The molecule has 3 atom stereocenters. The van der Waals surface area contributed by atoms with E-state index in [4.69, 9.17) is 4.74 Å². The maximum Gasteiger partial charge on any atom is 0.323 e. The summed E-state index contributed by atoms with van der Waals surface area (Å²) < 4.78 is 5.38. The van der Waals surface area contributed by atoms with Crippen LogP contribution in [0.4, 0.5) is 0 Å². The van der Waals surface area contributed by atoms with Gasteiger partial charge in [-0.25, -0.2) is 0 Å². The van der Waals surface area contributed by atoms with E-state index >= 15 is 0 Å². The van der Waals surface area contributed by atoms with Crippen molar-refractivity contribution in [2.75, 3.05) is 0 Å². The zero-order valence-electron chi connectivity index (χ0n) is 10.9. The third kappa shape index (κ3) is 3.28. The van der Waals surface area contributed by atoms with Crippen molar-refractivity contribution in [2.45, 2.75) is 44.4 Å². The first-order valence-electron chi connectivity index (χ1n) is 6.79. The number of halogens is 1. The zero-order chi connectivity index (χ0) is 12.4. The summed E-state index contributed by atoms with van der Waals surface area (Å²) in [6, 6.07) is 10.3. The van der Waals surface area contributed by atoms with Gasteiger partial charge >= 0.3 is 5.97 Å². The fourth-order valence-corrected chi connectivity index (χ4v) is 3.16. The standard InChI is InChI=1S/C15H19NO2.ClH/c17-15(18-10-11-5-2-1-3-6-11)14-9-12-7-4-8-13(12)16-14;/h1-3,5-6,12-14,16H,4,7-10H2;1H/t12-,13-,14-;/m0./s1. The summed E-state index contributed by atoms with van der Waals surface area (Å²) in [4.78, 5) is 12.0. The molecule has 4 heteroatoms. The molecule has 1 aliphatic heterocycles. The summed E-state index contributed by atoms with van der Waals surface area (Å²) in [7, 11) is 0. The molecule has 19 heavy (non-hydrogen) atoms. The Hall–Kier alpha value is -1.06. The Bertz CT molecular complexity index is 411. The minimum absolute atomic E-state index is 0. The van der Waals surface area contributed by atoms with Gasteiger partial charge in [0, 0.05) is 6.04 Å². The molecule has 1 N–H and O–H groups in total. The predicted molar refractivity (Wildman–Crippen MR) is 76.2 cm³/mol. The Morgan fingerprint density at radius 1 is 1.26 bits per heavy atom. The smallest absolute Gasteiger partial charge is 0.323 e. The van der Waals surface area contributed by atoms with Crippen molar-refractivity contribution in [1.82, 2.24) is 5.32 Å². The minimum Gasteiger partial charge on any atom is -0.460 e. The second-order valence-electron chi connectivity index (χ2n) is 5.35. The number of hydrogen-bond acceptors (Lipinski definition) is 3. The van der Waals surface area contributed by atoms with Crippen LogP contribution in [0.1, 0.15) is 31.2 Å². The van der Waals surface area contributed by atoms with E-state index in [-0.39, 0.29) is 24.4 Å². The van der Waals surface area contributed by atoms with E-state index in [1.165, 1.54) is 19.3 Å². The van der Waals surface area contributed by atoms with Gasteiger partial charge in [0.2, 0.25) is 0 Å². The lowest BCUT2D eigenvalue weighted by molar-refractivity contribution is -0.147. The lowest BCUT2D eigenvalue weighted by atomic mass is 10.0. The molecule has 3 rings (SSSR count). The summed E-state index contributed by atoms with van der Waals surface area (Å²) in [5.74, 6) is 0.604. The van der Waals surface area contributed by atoms with Crippen molar-refractivity contribution in [1.29, 1.82) is 0 Å². The summed E-state index contributed by atoms with van der Waals surface area (Å²) in [5, 5.41) is 3.41. The van der Waals surface area contributed by atoms with Crippen LogP contribution in [-0.4, -0.2) is 18.1 Å². The van der Waals surface area contributed by atoms with E-state index < -0.39 is 0 Å². The predicted octanol–water partition coefficient (Wildman–Crippen LogP) is 2.68. The first-order chi connectivity index (χ1) is 8.83. The highest BCUT2D eigenvalue weighted by atomic mass is 35.5. The molecule has 2 fully saturated rings. The van der Waals surface area contributed by atoms with Gasteiger partial charge in [-0.15, -0.1) is 12.4 Å². The van der Waals surface area contributed by atoms with Crippen LogP contribution in [0.2, 0.25) is 0 Å². The van der Waals surface area contributed by atoms with Crippen molar-refractivity contribution >= 4 is 18.4 Å². The van der Waals surface area contributed by atoms with Gasteiger partial charge in [-0.3, -0.25) is 4.79 Å². The Morgan fingerprint density at radius 2 is 2.05 bits per heavy atom. The molecular formula is C15H20ClNO2. The average molecular weight is 282 g/mol. The van der Waals surface area contributed by atoms with Crippen LogP contribution in [0, 0.1) is 5.92 Å². The normalized spacial score (nSPS) is 28.5. The molecule has 104 valence electrons. The first kappa shape index (κ1) is 14.4. The lowest BCUT2D eigenvalue weighted by Crippen LogP contribution is -2.36. The molecule has 0 amide bonds. The van der Waals surface area contributed by atoms with Gasteiger partial charge < -0.3 is 10.1 Å². The molecule has 0 spiro atoms. The van der Waals surface area contributed by atoms with Crippen LogP contribution in [0.15, 0.2) is 30.3 Å². The molecule has 1 heterocycles. The highest BCUT2D eigenvalue weighted by molar-refractivity contribution is 5.85. The first-order valence-corrected chi connectivity index (χ1v) is 6.79. The monoisotopic (exact) mass is 281 g/mol. The van der Waals surface area contributed by atoms with Crippen molar-refractivity contribution in [3.63, 3.8) is 0 Å². The van der Waals surface area contributed by atoms with Crippen LogP contribution in [0.25, 0.3) is 0 Å². The fourth-order valence-electron chi connectivity index (χ4n) is 3.16. The van der Waals surface area contributed by atoms with E-state index in [0.717, 1.165) is 12.0 Å². The molecule has 1 aromatic rings. The number of esters is 1. The highest BCUT2D eigenvalue weighted by Gasteiger charge is 2.40. The number of carbonyl (C=O) groups excluding carboxylic acids is 1. The Kier molecular flexibility index (Phi) is 4.83. The number of nitrogens with one attached hydrogen (secondary N) is 1. The van der Waals surface area contributed by atoms with E-state index in [1.807, 2.05) is 30.3 Å². The van der Waals surface area contributed by atoms with Crippen LogP contribution in [0.3, 0.4) is 0 Å². The van der Waals surface area contributed by atoms with E-state index in [1.54, 1.807) is 0 Å². The molecule has 0 bridgehead atoms. The number of hydrogen-bond donors (Lipinski definition) is 1. The molecule has 0 unspecified atom stereocenters. The minimum atomic E-state index is -0.0896. The third-order valence-corrected chi connectivity index (χ3v) is 4.12. The second kappa shape index (κ2) is 6.40. The van der Waals surface area contributed by atoms with Gasteiger partial charge in [-0.1, -0.05) is 36.8 Å². The number of benzene rings is 1. The molecule has 1 saturated carbocycles. The van der Waals surface area contributed by atoms with Crippen molar-refractivity contribution < 1.29 is 9.53 Å². The maximum atomic E-state index is 12.0. The Balaban J connectivity index is 0.00000133. The van der Waals surface area contributed by atoms with Crippen molar-refractivity contribution in [3.05, 3.63) is 35.9 Å². The second-order valence-corrected chi connectivity index (χ2v) is 5.35. The topological polar surface area (TPSA) is 38.3 Å². The fraction of sp³-hybridized carbons (Fsp3) is 0.533. The summed E-state index contributed by atoms with van der Waals surface area (Å²) in [5.41, 5.74) is 1.05. The third-order valence-electron chi connectivity index (χ3n) is 4.12. The van der Waals surface area contributed by atoms with Gasteiger partial charge in [0.15, 0.2) is 0 Å². The number of carbonyl (C=O) groups is 1. The summed E-state index contributed by atoms with van der Waals surface area (Å²) in [6.45, 7) is 0.382. The van der Waals surface area contributed by atoms with Gasteiger partial charge in [-0.05, 0) is 30.7 Å². The Labute approximate surface area is 120 Å². The lowest BCUT2D eigenvalue weighted by Gasteiger charge is -2.12. The molecule has 0 radical (unpaired) electrons. The molecule has 1 aliphatic carbocycles. The van der Waals surface area contributed by atoms with Crippen LogP contribution < -0.4 is 5.32 Å². The average Bonchev–Trinajstić information content (AvgIpc) is 2.98. The molecular weight excluding hydrogens is 262 g/mol. The zero-order valence-corrected chi connectivity index (χ0v) is 11.7. The molecule has 0 aromatic heterocycles. The molecule has 1 aromatic carbocycles. The quantitative estimate of drug-likeness (QED) is 0.866. The molecule has 1 saturated heterocycles. The van der Waals surface area contributed by atoms with Gasteiger partial charge in [0.25, 0.3) is 0 Å². The number of ether oxygens (including phenoxy) is 1. The Morgan fingerprint density at radius 3 is 2.79 bits per heavy atom. The summed E-state index contributed by atoms with van der Waals surface area (Å²) >= 11 is 0. The van der Waals surface area contributed by atoms with Crippen LogP contribution >= 0.6 is 12.4 Å². The van der Waals surface area contributed by atoms with E-state index in [2.05, 4.69) is 5.32 Å². The van der Waals surface area contributed by atoms with Gasteiger partial charge in [0.1, 0.15) is 12.6 Å². The number of fused-ring (bicyclic) bond motifs is 1. The largest absolute Gasteiger partial charge is 0.460 e. The van der Waals surface area contributed by atoms with Crippen LogP contribution in [0.5, 0.6) is 0 Å². The number of rotatable bonds is 3. The van der Waals surface area contributed by atoms with Crippen molar-refractivity contribution in [2.24, 2.45) is 5.92 Å². The van der Waals surface area contributed by atoms with E-state index in [9.17, 15) is 4.79 Å². The van der Waals surface area contributed by atoms with E-state index in [0.29, 0.717) is 18.6 Å². The molecule has 2 aliphatic rings. The van der Waals surface area contributed by atoms with Crippen LogP contribution in [-0.2, 0) is 16.1 Å². The summed E-state index contributed by atoms with van der Waals surface area (Å²) in [6.07, 6.45) is 4.74. The maximum absolute atomic E-state index is 12.0. The van der Waals surface area contributed by atoms with Gasteiger partial charge in [0.05, 0.1) is 0 Å². The molecule has 3 nitrogen and oxygen atoms in total. The SMILES string of the molecule is Cl.O=C(OCc1ccccc1)[C@@H]1C[C@@H]2CCC[C@@H]2N1. The van der Waals surface area contributed by atoms with Crippen molar-refractivity contribution in [3.8, 4) is 0 Å².